The third kappa shape index (κ3) is 3.53. The van der Waals surface area contributed by atoms with E-state index in [9.17, 15) is 4.39 Å². The van der Waals surface area contributed by atoms with Crippen LogP contribution in [0.1, 0.15) is 17.2 Å². The summed E-state index contributed by atoms with van der Waals surface area (Å²) in [7, 11) is 1.91. The van der Waals surface area contributed by atoms with Crippen molar-refractivity contribution < 1.29 is 4.39 Å². The van der Waals surface area contributed by atoms with E-state index < -0.39 is 0 Å². The lowest BCUT2D eigenvalue weighted by molar-refractivity contribution is 0.577. The van der Waals surface area contributed by atoms with Crippen molar-refractivity contribution in [1.82, 2.24) is 5.32 Å². The van der Waals surface area contributed by atoms with Crippen LogP contribution in [0.15, 0.2) is 48.5 Å². The maximum Gasteiger partial charge on any atom is 0.123 e. The maximum atomic E-state index is 13.2. The van der Waals surface area contributed by atoms with E-state index in [1.807, 2.05) is 13.1 Å². The van der Waals surface area contributed by atoms with E-state index in [2.05, 4.69) is 52.2 Å². The zero-order chi connectivity index (χ0) is 13.0. The number of rotatable bonds is 4. The largest absolute Gasteiger partial charge is 0.313 e. The predicted molar refractivity (Wildman–Crippen MR) is 81.1 cm³/mol. The number of hydrogen-bond acceptors (Lipinski definition) is 1. The zero-order valence-electron chi connectivity index (χ0n) is 10.2. The van der Waals surface area contributed by atoms with Crippen LogP contribution in [0.3, 0.4) is 0 Å². The molecule has 0 spiro atoms. The van der Waals surface area contributed by atoms with E-state index in [4.69, 9.17) is 0 Å². The van der Waals surface area contributed by atoms with E-state index in [1.54, 1.807) is 12.1 Å². The normalized spacial score (nSPS) is 12.4. The lowest BCUT2D eigenvalue weighted by Crippen LogP contribution is -2.18. The highest BCUT2D eigenvalue weighted by Crippen LogP contribution is 2.19. The van der Waals surface area contributed by atoms with Gasteiger partial charge in [-0.2, -0.15) is 0 Å². The molecule has 0 heterocycles. The number of likely N-dealkylation sites (N-methyl/N-ethyl adjacent to an activating group) is 1. The summed E-state index contributed by atoms with van der Waals surface area (Å²) >= 11 is 2.29. The Kier molecular flexibility index (Phi) is 4.72. The number of halogens is 2. The van der Waals surface area contributed by atoms with Crippen molar-refractivity contribution in [3.8, 4) is 0 Å². The molecule has 0 aliphatic rings. The molecule has 0 bridgehead atoms. The zero-order valence-corrected chi connectivity index (χ0v) is 12.3. The summed E-state index contributed by atoms with van der Waals surface area (Å²) in [6.07, 6.45) is 0.858. The SMILES string of the molecule is CNC(Cc1ccc(I)cc1)c1cccc(F)c1. The molecule has 0 aromatic heterocycles. The lowest BCUT2D eigenvalue weighted by atomic mass is 9.99. The van der Waals surface area contributed by atoms with Gasteiger partial charge in [-0.25, -0.2) is 4.39 Å². The third-order valence-electron chi connectivity index (χ3n) is 2.95. The van der Waals surface area contributed by atoms with Crippen LogP contribution in [0, 0.1) is 9.39 Å². The third-order valence-corrected chi connectivity index (χ3v) is 3.67. The first-order valence-corrected chi connectivity index (χ1v) is 6.94. The Balaban J connectivity index is 2.17. The smallest absolute Gasteiger partial charge is 0.123 e. The van der Waals surface area contributed by atoms with Crippen LogP contribution < -0.4 is 5.32 Å². The summed E-state index contributed by atoms with van der Waals surface area (Å²) in [6, 6.07) is 15.3. The summed E-state index contributed by atoms with van der Waals surface area (Å²) in [5.41, 5.74) is 2.23. The molecule has 0 saturated heterocycles. The average Bonchev–Trinajstić information content (AvgIpc) is 2.38. The van der Waals surface area contributed by atoms with Crippen LogP contribution in [0.5, 0.6) is 0 Å². The Morgan fingerprint density at radius 2 is 1.89 bits per heavy atom. The topological polar surface area (TPSA) is 12.0 Å². The Morgan fingerprint density at radius 3 is 2.50 bits per heavy atom. The van der Waals surface area contributed by atoms with Gasteiger partial charge in [0.25, 0.3) is 0 Å². The van der Waals surface area contributed by atoms with Crippen molar-refractivity contribution in [2.75, 3.05) is 7.05 Å². The molecule has 94 valence electrons. The molecule has 0 aliphatic carbocycles. The van der Waals surface area contributed by atoms with Crippen molar-refractivity contribution in [3.63, 3.8) is 0 Å². The quantitative estimate of drug-likeness (QED) is 0.820. The molecule has 3 heteroatoms. The van der Waals surface area contributed by atoms with E-state index >= 15 is 0 Å². The number of nitrogens with one attached hydrogen (secondary N) is 1. The molecule has 1 nitrogen and oxygen atoms in total. The molecule has 2 aromatic rings. The minimum Gasteiger partial charge on any atom is -0.313 e. The van der Waals surface area contributed by atoms with Gasteiger partial charge in [0, 0.05) is 9.61 Å². The summed E-state index contributed by atoms with van der Waals surface area (Å²) in [4.78, 5) is 0. The monoisotopic (exact) mass is 355 g/mol. The van der Waals surface area contributed by atoms with E-state index in [-0.39, 0.29) is 11.9 Å². The van der Waals surface area contributed by atoms with Crippen LogP contribution in [0.2, 0.25) is 0 Å². The molecular formula is C15H15FIN. The van der Waals surface area contributed by atoms with Crippen molar-refractivity contribution in [2.24, 2.45) is 0 Å². The fourth-order valence-electron chi connectivity index (χ4n) is 1.97. The van der Waals surface area contributed by atoms with E-state index in [0.29, 0.717) is 0 Å². The average molecular weight is 355 g/mol. The molecule has 2 rings (SSSR count). The fourth-order valence-corrected chi connectivity index (χ4v) is 2.33. The Morgan fingerprint density at radius 1 is 1.17 bits per heavy atom. The second kappa shape index (κ2) is 6.29. The molecule has 1 atom stereocenters. The maximum absolute atomic E-state index is 13.2. The van der Waals surface area contributed by atoms with Crippen LogP contribution in [-0.4, -0.2) is 7.05 Å². The van der Waals surface area contributed by atoms with Crippen LogP contribution >= 0.6 is 22.6 Å². The molecule has 2 aromatic carbocycles. The van der Waals surface area contributed by atoms with Crippen molar-refractivity contribution >= 4 is 22.6 Å². The van der Waals surface area contributed by atoms with Gasteiger partial charge >= 0.3 is 0 Å². The van der Waals surface area contributed by atoms with Crippen LogP contribution in [-0.2, 0) is 6.42 Å². The van der Waals surface area contributed by atoms with Crippen molar-refractivity contribution in [3.05, 3.63) is 69.0 Å². The standard InChI is InChI=1S/C15H15FIN/c1-18-15(12-3-2-4-13(16)10-12)9-11-5-7-14(17)8-6-11/h2-8,10,15,18H,9H2,1H3. The van der Waals surface area contributed by atoms with Gasteiger partial charge in [-0.05, 0) is 71.5 Å². The molecule has 0 saturated carbocycles. The van der Waals surface area contributed by atoms with Gasteiger partial charge in [0.1, 0.15) is 5.82 Å². The van der Waals surface area contributed by atoms with Crippen molar-refractivity contribution in [1.29, 1.82) is 0 Å². The lowest BCUT2D eigenvalue weighted by Gasteiger charge is -2.17. The molecule has 0 aliphatic heterocycles. The molecule has 1 N–H and O–H groups in total. The Labute approximate surface area is 121 Å². The first kappa shape index (κ1) is 13.5. The number of benzene rings is 2. The molecule has 0 amide bonds. The van der Waals surface area contributed by atoms with Gasteiger partial charge < -0.3 is 5.32 Å². The van der Waals surface area contributed by atoms with Gasteiger partial charge in [-0.1, -0.05) is 24.3 Å². The first-order chi connectivity index (χ1) is 8.69. The highest BCUT2D eigenvalue weighted by atomic mass is 127. The Bertz CT molecular complexity index is 510. The van der Waals surface area contributed by atoms with E-state index in [1.165, 1.54) is 15.2 Å². The predicted octanol–water partition coefficient (Wildman–Crippen LogP) is 3.93. The second-order valence-corrected chi connectivity index (χ2v) is 5.47. The highest BCUT2D eigenvalue weighted by Gasteiger charge is 2.10. The second-order valence-electron chi connectivity index (χ2n) is 4.23. The van der Waals surface area contributed by atoms with Gasteiger partial charge in [-0.3, -0.25) is 0 Å². The minimum absolute atomic E-state index is 0.140. The van der Waals surface area contributed by atoms with Crippen LogP contribution in [0.25, 0.3) is 0 Å². The molecule has 1 unspecified atom stereocenters. The summed E-state index contributed by atoms with van der Waals surface area (Å²) < 4.78 is 14.5. The van der Waals surface area contributed by atoms with Crippen LogP contribution in [0.4, 0.5) is 4.39 Å². The molecular weight excluding hydrogens is 340 g/mol. The first-order valence-electron chi connectivity index (χ1n) is 5.86. The molecule has 18 heavy (non-hydrogen) atoms. The highest BCUT2D eigenvalue weighted by molar-refractivity contribution is 14.1. The van der Waals surface area contributed by atoms with Crippen molar-refractivity contribution in [2.45, 2.75) is 12.5 Å². The summed E-state index contributed by atoms with van der Waals surface area (Å²) in [5, 5.41) is 3.24. The van der Waals surface area contributed by atoms with Gasteiger partial charge in [0.15, 0.2) is 0 Å². The number of hydrogen-bond donors (Lipinski definition) is 1. The minimum atomic E-state index is -0.185. The summed E-state index contributed by atoms with van der Waals surface area (Å²) in [5.74, 6) is -0.185. The Hall–Kier alpha value is -0.940. The molecule has 0 radical (unpaired) electrons. The summed E-state index contributed by atoms with van der Waals surface area (Å²) in [6.45, 7) is 0. The van der Waals surface area contributed by atoms with Gasteiger partial charge in [0.2, 0.25) is 0 Å². The molecule has 0 fully saturated rings. The van der Waals surface area contributed by atoms with E-state index in [0.717, 1.165) is 12.0 Å². The van der Waals surface area contributed by atoms with Gasteiger partial charge in [0.05, 0.1) is 0 Å². The van der Waals surface area contributed by atoms with Gasteiger partial charge in [-0.15, -0.1) is 0 Å². The fraction of sp³-hybridized carbons (Fsp3) is 0.200.